The number of aromatic amines is 1. The number of ether oxygens (including phenoxy) is 1. The zero-order valence-electron chi connectivity index (χ0n) is 17.3. The summed E-state index contributed by atoms with van der Waals surface area (Å²) in [4.78, 5) is 21.9. The zero-order chi connectivity index (χ0) is 21.7. The van der Waals surface area contributed by atoms with Gasteiger partial charge in [0.2, 0.25) is 5.91 Å². The molecule has 0 aliphatic carbocycles. The number of hydrogen-bond acceptors (Lipinski definition) is 7. The van der Waals surface area contributed by atoms with E-state index in [9.17, 15) is 4.79 Å². The molecule has 4 N–H and O–H groups in total. The van der Waals surface area contributed by atoms with Crippen molar-refractivity contribution in [2.24, 2.45) is 5.73 Å². The fourth-order valence-electron chi connectivity index (χ4n) is 4.74. The van der Waals surface area contributed by atoms with E-state index >= 15 is 0 Å². The minimum atomic E-state index is -0.279. The monoisotopic (exact) mass is 446 g/mol. The Morgan fingerprint density at radius 2 is 2.06 bits per heavy atom. The number of benzene rings is 2. The lowest BCUT2D eigenvalue weighted by Gasteiger charge is -2.25. The van der Waals surface area contributed by atoms with Crippen molar-refractivity contribution in [3.8, 4) is 28.4 Å². The van der Waals surface area contributed by atoms with Gasteiger partial charge in [-0.15, -0.1) is 0 Å². The molecule has 1 saturated heterocycles. The van der Waals surface area contributed by atoms with E-state index in [1.54, 1.807) is 5.51 Å². The van der Waals surface area contributed by atoms with Crippen LogP contribution >= 0.6 is 11.5 Å². The predicted octanol–water partition coefficient (Wildman–Crippen LogP) is 3.61. The van der Waals surface area contributed by atoms with Crippen molar-refractivity contribution in [2.75, 3.05) is 29.9 Å². The minimum Gasteiger partial charge on any atom is -0.491 e. The van der Waals surface area contributed by atoms with Crippen LogP contribution in [0, 0.1) is 0 Å². The number of nitrogens with one attached hydrogen (secondary N) is 2. The molecule has 8 nitrogen and oxygen atoms in total. The Hall–Kier alpha value is -3.59. The highest BCUT2D eigenvalue weighted by atomic mass is 32.1. The lowest BCUT2D eigenvalue weighted by Crippen LogP contribution is -2.40. The third kappa shape index (κ3) is 3.08. The van der Waals surface area contributed by atoms with Crippen molar-refractivity contribution in [3.05, 3.63) is 41.9 Å². The molecule has 162 valence electrons. The maximum absolute atomic E-state index is 11.9. The topological polar surface area (TPSA) is 109 Å². The molecule has 0 saturated carbocycles. The normalized spacial score (nSPS) is 17.8. The number of amides is 1. The molecule has 32 heavy (non-hydrogen) atoms. The number of primary amides is 1. The molecule has 1 amide bonds. The summed E-state index contributed by atoms with van der Waals surface area (Å²) in [6.45, 7) is 2.09. The van der Waals surface area contributed by atoms with Crippen molar-refractivity contribution in [3.63, 3.8) is 0 Å². The second kappa shape index (κ2) is 7.52. The first-order chi connectivity index (χ1) is 15.7. The summed E-state index contributed by atoms with van der Waals surface area (Å²) in [6.07, 6.45) is 1.73. The predicted molar refractivity (Wildman–Crippen MR) is 126 cm³/mol. The quantitative estimate of drug-likeness (QED) is 0.442. The number of rotatable bonds is 4. The van der Waals surface area contributed by atoms with Crippen LogP contribution in [0.25, 0.3) is 33.5 Å². The molecule has 9 heteroatoms. The van der Waals surface area contributed by atoms with Gasteiger partial charge in [0.25, 0.3) is 0 Å². The van der Waals surface area contributed by atoms with Crippen molar-refractivity contribution in [1.29, 1.82) is 0 Å². The Morgan fingerprint density at radius 3 is 2.84 bits per heavy atom. The largest absolute Gasteiger partial charge is 0.491 e. The smallest absolute Gasteiger partial charge is 0.240 e. The van der Waals surface area contributed by atoms with Crippen molar-refractivity contribution in [2.45, 2.75) is 18.9 Å². The van der Waals surface area contributed by atoms with Gasteiger partial charge >= 0.3 is 0 Å². The highest BCUT2D eigenvalue weighted by molar-refractivity contribution is 7.03. The van der Waals surface area contributed by atoms with Crippen LogP contribution in [0.2, 0.25) is 0 Å². The summed E-state index contributed by atoms with van der Waals surface area (Å²) in [5.41, 5.74) is 13.4. The summed E-state index contributed by atoms with van der Waals surface area (Å²) in [5.74, 6) is 1.28. The van der Waals surface area contributed by atoms with Crippen molar-refractivity contribution in [1.82, 2.24) is 14.3 Å². The van der Waals surface area contributed by atoms with Crippen LogP contribution in [0.1, 0.15) is 12.8 Å². The molecule has 2 aliphatic heterocycles. The first-order valence-electron chi connectivity index (χ1n) is 10.7. The summed E-state index contributed by atoms with van der Waals surface area (Å²) in [6, 6.07) is 12.1. The number of carbonyl (C=O) groups excluding carboxylic acids is 1. The fraction of sp³-hybridized carbons (Fsp3) is 0.261. The Morgan fingerprint density at radius 1 is 1.22 bits per heavy atom. The number of hydrogen-bond donors (Lipinski definition) is 3. The minimum absolute atomic E-state index is 0.274. The lowest BCUT2D eigenvalue weighted by atomic mass is 10.1. The Kier molecular flexibility index (Phi) is 4.50. The molecular weight excluding hydrogens is 424 g/mol. The molecular formula is C23H22N6O2S. The molecule has 4 heterocycles. The number of carbonyl (C=O) groups is 1. The van der Waals surface area contributed by atoms with Gasteiger partial charge in [-0.3, -0.25) is 4.79 Å². The highest BCUT2D eigenvalue weighted by Gasteiger charge is 2.31. The molecule has 1 fully saturated rings. The van der Waals surface area contributed by atoms with Gasteiger partial charge in [0, 0.05) is 36.0 Å². The molecule has 4 aromatic rings. The third-order valence-corrected chi connectivity index (χ3v) is 6.69. The van der Waals surface area contributed by atoms with E-state index in [0.717, 1.165) is 70.1 Å². The number of aromatic nitrogens is 3. The van der Waals surface area contributed by atoms with Crippen LogP contribution in [0.3, 0.4) is 0 Å². The Labute approximate surface area is 188 Å². The summed E-state index contributed by atoms with van der Waals surface area (Å²) < 4.78 is 10.4. The number of nitrogens with two attached hydrogens (primary N) is 1. The van der Waals surface area contributed by atoms with Gasteiger partial charge in [0.1, 0.15) is 23.9 Å². The standard InChI is InChI=1S/C23H22N6O2S/c24-22(30)17-2-1-8-29(17)15-10-16-19-18(11-15)31-9-7-25-21(19)20(27-16)13-3-5-14(6-4-13)23-26-12-32-28-23/h3-6,10-12,17,25,27H,1-2,7-9H2,(H2,24,30)/t17-/m0/s1. The zero-order valence-corrected chi connectivity index (χ0v) is 18.1. The lowest BCUT2D eigenvalue weighted by molar-refractivity contribution is -0.119. The summed E-state index contributed by atoms with van der Waals surface area (Å²) >= 11 is 1.35. The summed E-state index contributed by atoms with van der Waals surface area (Å²) in [5, 5.41) is 4.56. The van der Waals surface area contributed by atoms with E-state index in [-0.39, 0.29) is 11.9 Å². The van der Waals surface area contributed by atoms with Crippen LogP contribution in [0.4, 0.5) is 11.4 Å². The third-order valence-electron chi connectivity index (χ3n) is 6.21. The SMILES string of the molecule is NC(=O)[C@@H]1CCCN1c1cc2c3c(c(-c4ccc(-c5ncsn5)cc4)[nH]c3c1)NCCO2. The summed E-state index contributed by atoms with van der Waals surface area (Å²) in [7, 11) is 0. The van der Waals surface area contributed by atoms with Crippen LogP contribution in [-0.4, -0.2) is 46.0 Å². The Bertz CT molecular complexity index is 1300. The number of nitrogens with zero attached hydrogens (tertiary/aromatic N) is 3. The highest BCUT2D eigenvalue weighted by Crippen LogP contribution is 2.44. The Balaban J connectivity index is 1.46. The fourth-order valence-corrected chi connectivity index (χ4v) is 5.19. The molecule has 2 aliphatic rings. The van der Waals surface area contributed by atoms with Crippen LogP contribution < -0.4 is 20.7 Å². The van der Waals surface area contributed by atoms with Gasteiger partial charge in [-0.25, -0.2) is 4.98 Å². The van der Waals surface area contributed by atoms with Crippen LogP contribution in [0.15, 0.2) is 41.9 Å². The van der Waals surface area contributed by atoms with E-state index in [4.69, 9.17) is 10.5 Å². The van der Waals surface area contributed by atoms with Crippen molar-refractivity contribution >= 4 is 39.7 Å². The molecule has 0 bridgehead atoms. The molecule has 0 unspecified atom stereocenters. The molecule has 6 rings (SSSR count). The van der Waals surface area contributed by atoms with Crippen molar-refractivity contribution < 1.29 is 9.53 Å². The molecule has 1 atom stereocenters. The second-order valence-corrected chi connectivity index (χ2v) is 8.71. The molecule has 0 spiro atoms. The first-order valence-corrected chi connectivity index (χ1v) is 11.5. The van der Waals surface area contributed by atoms with E-state index in [1.165, 1.54) is 11.5 Å². The molecule has 2 aromatic carbocycles. The molecule has 2 aromatic heterocycles. The maximum Gasteiger partial charge on any atom is 0.240 e. The van der Waals surface area contributed by atoms with Crippen LogP contribution in [-0.2, 0) is 4.79 Å². The van der Waals surface area contributed by atoms with Gasteiger partial charge < -0.3 is 25.7 Å². The van der Waals surface area contributed by atoms with E-state index in [2.05, 4.69) is 42.8 Å². The van der Waals surface area contributed by atoms with E-state index in [0.29, 0.717) is 13.2 Å². The number of H-pyrrole nitrogens is 1. The molecule has 0 radical (unpaired) electrons. The van der Waals surface area contributed by atoms with Gasteiger partial charge in [-0.1, -0.05) is 24.3 Å². The average Bonchev–Trinajstić information content (AvgIpc) is 3.53. The van der Waals surface area contributed by atoms with E-state index < -0.39 is 0 Å². The van der Waals surface area contributed by atoms with Gasteiger partial charge in [0.15, 0.2) is 5.82 Å². The van der Waals surface area contributed by atoms with Gasteiger partial charge in [-0.05, 0) is 30.4 Å². The van der Waals surface area contributed by atoms with Gasteiger partial charge in [-0.2, -0.15) is 4.37 Å². The van der Waals surface area contributed by atoms with Gasteiger partial charge in [0.05, 0.1) is 22.3 Å². The average molecular weight is 447 g/mol. The van der Waals surface area contributed by atoms with E-state index in [1.807, 2.05) is 18.2 Å². The second-order valence-electron chi connectivity index (χ2n) is 8.10. The van der Waals surface area contributed by atoms with Crippen LogP contribution in [0.5, 0.6) is 5.75 Å². The first kappa shape index (κ1) is 19.1. The number of anilines is 2. The maximum atomic E-state index is 11.9.